The van der Waals surface area contributed by atoms with Gasteiger partial charge in [-0.15, -0.1) is 0 Å². The lowest BCUT2D eigenvalue weighted by molar-refractivity contribution is 0.0887. The molecule has 4 heterocycles. The topological polar surface area (TPSA) is 53.1 Å². The molecule has 2 aromatic carbocycles. The maximum atomic E-state index is 7.20. The number of nitrogens with one attached hydrogen (secondary N) is 1. The molecule has 2 bridgehead atoms. The number of guanidine groups is 1. The van der Waals surface area contributed by atoms with Crippen molar-refractivity contribution in [1.29, 1.82) is 0 Å². The normalized spacial score (nSPS) is 25.4. The molecule has 3 aromatic rings. The molecule has 3 atom stereocenters. The lowest BCUT2D eigenvalue weighted by Crippen LogP contribution is -2.50. The van der Waals surface area contributed by atoms with Crippen molar-refractivity contribution in [3.8, 4) is 0 Å². The van der Waals surface area contributed by atoms with E-state index in [1.54, 1.807) is 7.05 Å². The van der Waals surface area contributed by atoms with Crippen LogP contribution >= 0.6 is 0 Å². The predicted molar refractivity (Wildman–Crippen MR) is 153 cm³/mol. The first-order chi connectivity index (χ1) is 18.6. The van der Waals surface area contributed by atoms with Gasteiger partial charge in [0.05, 0.1) is 11.0 Å². The van der Waals surface area contributed by atoms with E-state index < -0.39 is 0 Å². The number of nitrogens with zero attached hydrogens (tertiary/aromatic N) is 6. The van der Waals surface area contributed by atoms with Crippen LogP contribution in [0, 0.1) is 13.5 Å². The zero-order valence-electron chi connectivity index (χ0n) is 22.7. The molecule has 0 amide bonds. The van der Waals surface area contributed by atoms with Gasteiger partial charge in [0.2, 0.25) is 0 Å². The van der Waals surface area contributed by atoms with Gasteiger partial charge in [0, 0.05) is 38.3 Å². The van der Waals surface area contributed by atoms with Gasteiger partial charge in [0.1, 0.15) is 5.82 Å². The molecule has 7 heteroatoms. The molecule has 1 N–H and O–H groups in total. The summed E-state index contributed by atoms with van der Waals surface area (Å²) in [5.41, 5.74) is 6.81. The first kappa shape index (κ1) is 24.9. The number of hydrogen-bond acceptors (Lipinski definition) is 3. The third-order valence-corrected chi connectivity index (χ3v) is 9.62. The summed E-state index contributed by atoms with van der Waals surface area (Å²) >= 11 is 0. The summed E-state index contributed by atoms with van der Waals surface area (Å²) < 4.78 is 2.53. The van der Waals surface area contributed by atoms with E-state index in [0.29, 0.717) is 24.1 Å². The summed E-state index contributed by atoms with van der Waals surface area (Å²) in [5.74, 6) is 1.85. The van der Waals surface area contributed by atoms with Gasteiger partial charge in [0.25, 0.3) is 5.96 Å². The van der Waals surface area contributed by atoms with Crippen molar-refractivity contribution in [3.63, 3.8) is 0 Å². The second kappa shape index (κ2) is 10.4. The fourth-order valence-corrected chi connectivity index (χ4v) is 7.72. The van der Waals surface area contributed by atoms with Crippen molar-refractivity contribution in [2.75, 3.05) is 26.7 Å². The molecule has 7 nitrogen and oxygen atoms in total. The first-order valence-electron chi connectivity index (χ1n) is 14.2. The second-order valence-corrected chi connectivity index (χ2v) is 11.4. The number of aliphatic imine (C=N–C) groups is 1. The average molecular weight is 510 g/mol. The molecule has 1 unspecified atom stereocenters. The Kier molecular flexibility index (Phi) is 6.84. The summed E-state index contributed by atoms with van der Waals surface area (Å²) in [6.07, 6.45) is 8.44. The van der Waals surface area contributed by atoms with E-state index in [0.717, 1.165) is 43.8 Å². The Morgan fingerprint density at radius 3 is 2.39 bits per heavy atom. The summed E-state index contributed by atoms with van der Waals surface area (Å²) in [4.78, 5) is 17.7. The molecule has 3 aliphatic heterocycles. The zero-order valence-corrected chi connectivity index (χ0v) is 22.7. The second-order valence-electron chi connectivity index (χ2n) is 11.4. The van der Waals surface area contributed by atoms with Crippen LogP contribution in [0.3, 0.4) is 0 Å². The quantitative estimate of drug-likeness (QED) is 0.218. The smallest absolute Gasteiger partial charge is 0.264 e. The van der Waals surface area contributed by atoms with Crippen LogP contribution in [0.25, 0.3) is 16.0 Å². The van der Waals surface area contributed by atoms with E-state index >= 15 is 0 Å². The van der Waals surface area contributed by atoms with Gasteiger partial charge in [0.15, 0.2) is 0 Å². The standard InChI is InChI=1S/C31H39N7/c1-23-34-28-11-7-8-12-29(28)38(23)27-21-25-13-14-26(22-27)37(25)20-17-31(24-9-5-4-6-10-24)15-18-36(19-16-31)30(32-2)35-33-3/h4-12,25-27H,13-22H2,1-2H3,(H,32,35)/t25-,26+,27?. The number of likely N-dealkylation sites (tertiary alicyclic amines) is 1. The zero-order chi connectivity index (χ0) is 26.1. The molecular formula is C31H39N7. The molecule has 3 fully saturated rings. The predicted octanol–water partition coefficient (Wildman–Crippen LogP) is 5.35. The fraction of sp³-hybridized carbons (Fsp3) is 0.516. The Morgan fingerprint density at radius 1 is 1.03 bits per heavy atom. The molecule has 0 saturated carbocycles. The Bertz CT molecular complexity index is 1320. The number of imidazole rings is 1. The van der Waals surface area contributed by atoms with Crippen molar-refractivity contribution in [3.05, 3.63) is 77.5 Å². The molecule has 0 aliphatic carbocycles. The van der Waals surface area contributed by atoms with Crippen molar-refractivity contribution < 1.29 is 0 Å². The van der Waals surface area contributed by atoms with Crippen LogP contribution in [0.4, 0.5) is 0 Å². The SMILES string of the molecule is [C-]#[N+]NC(=NC)N1CCC(CCN2[C@@H]3CC[C@H]2CC(n2c(C)nc4ccccc42)C3)(c2ccccc2)CC1. The average Bonchev–Trinajstić information content (AvgIpc) is 3.42. The Morgan fingerprint density at radius 2 is 1.71 bits per heavy atom. The van der Waals surface area contributed by atoms with Gasteiger partial charge in [-0.25, -0.2) is 4.98 Å². The van der Waals surface area contributed by atoms with Gasteiger partial charge >= 0.3 is 0 Å². The molecular weight excluding hydrogens is 470 g/mol. The fourth-order valence-electron chi connectivity index (χ4n) is 7.72. The highest BCUT2D eigenvalue weighted by molar-refractivity contribution is 5.80. The van der Waals surface area contributed by atoms with Crippen LogP contribution in [0.2, 0.25) is 0 Å². The number of aromatic nitrogens is 2. The van der Waals surface area contributed by atoms with E-state index in [1.165, 1.54) is 43.2 Å². The van der Waals surface area contributed by atoms with Crippen molar-refractivity contribution in [2.45, 2.75) is 75.4 Å². The van der Waals surface area contributed by atoms with Gasteiger partial charge in [-0.2, -0.15) is 11.5 Å². The van der Waals surface area contributed by atoms with Crippen LogP contribution < -0.4 is 5.43 Å². The van der Waals surface area contributed by atoms with Crippen molar-refractivity contribution in [1.82, 2.24) is 24.8 Å². The number of fused-ring (bicyclic) bond motifs is 3. The number of rotatable bonds is 5. The molecule has 3 aliphatic rings. The van der Waals surface area contributed by atoms with Crippen LogP contribution in [0.5, 0.6) is 0 Å². The third kappa shape index (κ3) is 4.45. The molecule has 1 aromatic heterocycles. The number of piperidine rings is 2. The van der Waals surface area contributed by atoms with E-state index in [2.05, 4.69) is 91.3 Å². The molecule has 0 spiro atoms. The summed E-state index contributed by atoms with van der Waals surface area (Å²) in [6, 6.07) is 21.6. The highest BCUT2D eigenvalue weighted by atomic mass is 15.4. The summed E-state index contributed by atoms with van der Waals surface area (Å²) in [7, 11) is 1.76. The summed E-state index contributed by atoms with van der Waals surface area (Å²) in [5, 5.41) is 0. The van der Waals surface area contributed by atoms with Gasteiger partial charge in [-0.3, -0.25) is 9.89 Å². The molecule has 0 radical (unpaired) electrons. The number of benzene rings is 2. The largest absolute Gasteiger partial charge is 0.338 e. The van der Waals surface area contributed by atoms with Gasteiger partial charge in [-0.1, -0.05) is 47.9 Å². The molecule has 38 heavy (non-hydrogen) atoms. The number of para-hydroxylation sites is 2. The Balaban J connectivity index is 1.18. The third-order valence-electron chi connectivity index (χ3n) is 9.62. The van der Waals surface area contributed by atoms with Crippen molar-refractivity contribution >= 4 is 17.0 Å². The molecule has 198 valence electrons. The molecule has 6 rings (SSSR count). The van der Waals surface area contributed by atoms with E-state index in [1.807, 2.05) is 0 Å². The highest BCUT2D eigenvalue weighted by Crippen LogP contribution is 2.45. The lowest BCUT2D eigenvalue weighted by atomic mass is 9.70. The minimum absolute atomic E-state index is 0.169. The van der Waals surface area contributed by atoms with E-state index in [-0.39, 0.29) is 5.41 Å². The minimum atomic E-state index is 0.169. The maximum absolute atomic E-state index is 7.20. The molecule has 3 saturated heterocycles. The lowest BCUT2D eigenvalue weighted by Gasteiger charge is -2.45. The van der Waals surface area contributed by atoms with Gasteiger partial charge < -0.3 is 9.47 Å². The van der Waals surface area contributed by atoms with Crippen molar-refractivity contribution in [2.24, 2.45) is 4.99 Å². The van der Waals surface area contributed by atoms with Crippen LogP contribution in [-0.4, -0.2) is 64.1 Å². The van der Waals surface area contributed by atoms with Crippen LogP contribution in [0.15, 0.2) is 59.6 Å². The Labute approximate surface area is 226 Å². The minimum Gasteiger partial charge on any atom is -0.338 e. The Hall–Kier alpha value is -3.37. The van der Waals surface area contributed by atoms with Gasteiger partial charge in [-0.05, 0) is 81.5 Å². The maximum Gasteiger partial charge on any atom is 0.264 e. The van der Waals surface area contributed by atoms with Crippen LogP contribution in [0.1, 0.15) is 62.4 Å². The highest BCUT2D eigenvalue weighted by Gasteiger charge is 2.44. The number of hydrogen-bond donors (Lipinski definition) is 1. The summed E-state index contributed by atoms with van der Waals surface area (Å²) in [6.45, 7) is 12.4. The van der Waals surface area contributed by atoms with E-state index in [9.17, 15) is 0 Å². The van der Waals surface area contributed by atoms with E-state index in [4.69, 9.17) is 11.6 Å². The van der Waals surface area contributed by atoms with Crippen LogP contribution in [-0.2, 0) is 5.41 Å². The number of aryl methyl sites for hydroxylation is 1. The monoisotopic (exact) mass is 509 g/mol. The first-order valence-corrected chi connectivity index (χ1v) is 14.2.